The molecule has 1 amide bonds. The average molecular weight is 377 g/mol. The Balaban J connectivity index is 1.55. The van der Waals surface area contributed by atoms with Gasteiger partial charge in [-0.3, -0.25) is 18.7 Å². The molecule has 1 N–H and O–H groups in total. The van der Waals surface area contributed by atoms with Crippen molar-refractivity contribution < 1.29 is 4.79 Å². The lowest BCUT2D eigenvalue weighted by atomic mass is 9.97. The summed E-state index contributed by atoms with van der Waals surface area (Å²) >= 11 is 0. The lowest BCUT2D eigenvalue weighted by Crippen LogP contribution is -2.46. The van der Waals surface area contributed by atoms with Crippen LogP contribution in [-0.2, 0) is 18.9 Å². The summed E-state index contributed by atoms with van der Waals surface area (Å²) in [6, 6.07) is 1.48. The fraction of sp³-hybridized carbons (Fsp3) is 0.737. The third kappa shape index (κ3) is 4.61. The molecule has 0 saturated carbocycles. The van der Waals surface area contributed by atoms with Gasteiger partial charge < -0.3 is 15.1 Å². The first-order chi connectivity index (χ1) is 13.0. The van der Waals surface area contributed by atoms with Crippen LogP contribution in [0.4, 0.5) is 5.82 Å². The van der Waals surface area contributed by atoms with Crippen LogP contribution in [0.25, 0.3) is 0 Å². The van der Waals surface area contributed by atoms with Gasteiger partial charge in [0.15, 0.2) is 0 Å². The number of carbonyl (C=O) groups is 1. The van der Waals surface area contributed by atoms with E-state index in [9.17, 15) is 14.4 Å². The highest BCUT2D eigenvalue weighted by atomic mass is 16.2. The summed E-state index contributed by atoms with van der Waals surface area (Å²) in [5.74, 6) is 0.564. The van der Waals surface area contributed by atoms with Crippen molar-refractivity contribution in [3.63, 3.8) is 0 Å². The van der Waals surface area contributed by atoms with Crippen molar-refractivity contribution in [1.29, 1.82) is 0 Å². The van der Waals surface area contributed by atoms with E-state index >= 15 is 0 Å². The van der Waals surface area contributed by atoms with Gasteiger partial charge in [-0.05, 0) is 51.7 Å². The SMILES string of the molecule is Cn1c(N2CCCC(C(=O)NCCCN3CCCC3)C2)cc(=O)n(C)c1=O. The zero-order valence-corrected chi connectivity index (χ0v) is 16.4. The minimum Gasteiger partial charge on any atom is -0.357 e. The first-order valence-corrected chi connectivity index (χ1v) is 9.99. The molecule has 1 unspecified atom stereocenters. The molecule has 8 heteroatoms. The average Bonchev–Trinajstić information content (AvgIpc) is 3.20. The maximum absolute atomic E-state index is 12.6. The van der Waals surface area contributed by atoms with Gasteiger partial charge in [-0.25, -0.2) is 4.79 Å². The highest BCUT2D eigenvalue weighted by molar-refractivity contribution is 5.79. The number of carbonyl (C=O) groups excluding carboxylic acids is 1. The summed E-state index contributed by atoms with van der Waals surface area (Å²) in [6.45, 7) is 5.40. The Morgan fingerprint density at radius 2 is 1.85 bits per heavy atom. The maximum atomic E-state index is 12.6. The molecule has 1 aromatic rings. The van der Waals surface area contributed by atoms with E-state index in [0.717, 1.165) is 36.9 Å². The van der Waals surface area contributed by atoms with Crippen LogP contribution in [0.15, 0.2) is 15.7 Å². The third-order valence-corrected chi connectivity index (χ3v) is 5.77. The Labute approximate surface area is 159 Å². The van der Waals surface area contributed by atoms with Gasteiger partial charge in [0.1, 0.15) is 5.82 Å². The van der Waals surface area contributed by atoms with E-state index in [1.54, 1.807) is 7.05 Å². The Bertz CT molecular complexity index is 779. The van der Waals surface area contributed by atoms with Gasteiger partial charge in [-0.15, -0.1) is 0 Å². The highest BCUT2D eigenvalue weighted by Gasteiger charge is 2.27. The molecule has 0 spiro atoms. The maximum Gasteiger partial charge on any atom is 0.332 e. The van der Waals surface area contributed by atoms with Crippen LogP contribution in [0.3, 0.4) is 0 Å². The molecule has 0 bridgehead atoms. The van der Waals surface area contributed by atoms with Gasteiger partial charge in [-0.2, -0.15) is 0 Å². The molecule has 2 aliphatic heterocycles. The third-order valence-electron chi connectivity index (χ3n) is 5.77. The van der Waals surface area contributed by atoms with Crippen molar-refractivity contribution in [2.75, 3.05) is 44.2 Å². The summed E-state index contributed by atoms with van der Waals surface area (Å²) in [6.07, 6.45) is 5.26. The fourth-order valence-electron chi connectivity index (χ4n) is 4.09. The van der Waals surface area contributed by atoms with Crippen molar-refractivity contribution in [2.24, 2.45) is 20.0 Å². The van der Waals surface area contributed by atoms with Crippen molar-refractivity contribution >= 4 is 11.7 Å². The molecule has 150 valence electrons. The van der Waals surface area contributed by atoms with Crippen LogP contribution < -0.4 is 21.5 Å². The van der Waals surface area contributed by atoms with Crippen molar-refractivity contribution in [3.05, 3.63) is 26.9 Å². The summed E-state index contributed by atoms with van der Waals surface area (Å²) < 4.78 is 2.58. The van der Waals surface area contributed by atoms with Gasteiger partial charge in [-0.1, -0.05) is 0 Å². The van der Waals surface area contributed by atoms with Crippen LogP contribution in [0.5, 0.6) is 0 Å². The molecule has 0 aromatic carbocycles. The summed E-state index contributed by atoms with van der Waals surface area (Å²) in [7, 11) is 3.14. The topological polar surface area (TPSA) is 79.6 Å². The van der Waals surface area contributed by atoms with Crippen molar-refractivity contribution in [1.82, 2.24) is 19.4 Å². The molecule has 3 heterocycles. The zero-order valence-electron chi connectivity index (χ0n) is 16.4. The molecule has 8 nitrogen and oxygen atoms in total. The second-order valence-electron chi connectivity index (χ2n) is 7.72. The summed E-state index contributed by atoms with van der Waals surface area (Å²) in [5, 5.41) is 3.07. The Kier molecular flexibility index (Phi) is 6.36. The Morgan fingerprint density at radius 1 is 1.11 bits per heavy atom. The van der Waals surface area contributed by atoms with E-state index in [1.165, 1.54) is 43.6 Å². The molecular formula is C19H31N5O3. The molecule has 0 radical (unpaired) electrons. The Hall–Kier alpha value is -2.09. The van der Waals surface area contributed by atoms with E-state index in [0.29, 0.717) is 18.9 Å². The van der Waals surface area contributed by atoms with Gasteiger partial charge in [0.25, 0.3) is 5.56 Å². The van der Waals surface area contributed by atoms with E-state index in [1.807, 2.05) is 4.90 Å². The molecule has 0 aliphatic carbocycles. The normalized spacial score (nSPS) is 20.8. The molecule has 2 aliphatic rings. The largest absolute Gasteiger partial charge is 0.357 e. The molecule has 2 fully saturated rings. The number of nitrogens with zero attached hydrogens (tertiary/aromatic N) is 4. The Morgan fingerprint density at radius 3 is 2.59 bits per heavy atom. The first kappa shape index (κ1) is 19.7. The van der Waals surface area contributed by atoms with E-state index < -0.39 is 0 Å². The van der Waals surface area contributed by atoms with Crippen LogP contribution >= 0.6 is 0 Å². The fourth-order valence-corrected chi connectivity index (χ4v) is 4.09. The van der Waals surface area contributed by atoms with Gasteiger partial charge in [0, 0.05) is 39.8 Å². The molecule has 3 rings (SSSR count). The molecule has 1 atom stereocenters. The minimum absolute atomic E-state index is 0.0787. The summed E-state index contributed by atoms with van der Waals surface area (Å²) in [4.78, 5) is 41.2. The number of amides is 1. The lowest BCUT2D eigenvalue weighted by molar-refractivity contribution is -0.125. The number of aromatic nitrogens is 2. The number of piperidine rings is 1. The first-order valence-electron chi connectivity index (χ1n) is 9.99. The number of hydrogen-bond acceptors (Lipinski definition) is 5. The second-order valence-corrected chi connectivity index (χ2v) is 7.72. The van der Waals surface area contributed by atoms with Gasteiger partial charge >= 0.3 is 5.69 Å². The number of hydrogen-bond donors (Lipinski definition) is 1. The molecule has 2 saturated heterocycles. The van der Waals surface area contributed by atoms with Crippen LogP contribution in [0, 0.1) is 5.92 Å². The number of nitrogens with one attached hydrogen (secondary N) is 1. The minimum atomic E-state index is -0.342. The quantitative estimate of drug-likeness (QED) is 0.701. The number of anilines is 1. The number of rotatable bonds is 6. The van der Waals surface area contributed by atoms with E-state index in [-0.39, 0.29) is 23.1 Å². The van der Waals surface area contributed by atoms with Crippen LogP contribution in [-0.4, -0.2) is 59.2 Å². The van der Waals surface area contributed by atoms with Gasteiger partial charge in [0.05, 0.1) is 5.92 Å². The van der Waals surface area contributed by atoms with E-state index in [2.05, 4.69) is 10.2 Å². The molecule has 1 aromatic heterocycles. The van der Waals surface area contributed by atoms with Crippen LogP contribution in [0.1, 0.15) is 32.1 Å². The smallest absolute Gasteiger partial charge is 0.332 e. The zero-order chi connectivity index (χ0) is 19.4. The molecule has 27 heavy (non-hydrogen) atoms. The predicted molar refractivity (Wildman–Crippen MR) is 105 cm³/mol. The van der Waals surface area contributed by atoms with Crippen LogP contribution in [0.2, 0.25) is 0 Å². The summed E-state index contributed by atoms with van der Waals surface area (Å²) in [5.41, 5.74) is -0.660. The van der Waals surface area contributed by atoms with Crippen molar-refractivity contribution in [2.45, 2.75) is 32.1 Å². The monoisotopic (exact) mass is 377 g/mol. The predicted octanol–water partition coefficient (Wildman–Crippen LogP) is -0.0975. The lowest BCUT2D eigenvalue weighted by Gasteiger charge is -2.34. The van der Waals surface area contributed by atoms with Gasteiger partial charge in [0.2, 0.25) is 5.91 Å². The standard InChI is InChI=1S/C19H31N5O3/c1-21-16(13-17(25)22(2)19(21)27)24-12-5-7-15(14-24)18(26)20-8-6-11-23-9-3-4-10-23/h13,15H,3-12,14H2,1-2H3,(H,20,26). The number of likely N-dealkylation sites (tertiary alicyclic amines) is 1. The second kappa shape index (κ2) is 8.73. The molecular weight excluding hydrogens is 346 g/mol. The van der Waals surface area contributed by atoms with Crippen molar-refractivity contribution in [3.8, 4) is 0 Å². The highest BCUT2D eigenvalue weighted by Crippen LogP contribution is 2.21. The van der Waals surface area contributed by atoms with E-state index in [4.69, 9.17) is 0 Å².